The Hall–Kier alpha value is -1.59. The van der Waals surface area contributed by atoms with E-state index >= 15 is 0 Å². The Labute approximate surface area is 111 Å². The quantitative estimate of drug-likeness (QED) is 0.737. The van der Waals surface area contributed by atoms with E-state index in [0.717, 1.165) is 10.3 Å². The van der Waals surface area contributed by atoms with Gasteiger partial charge in [-0.3, -0.25) is 4.21 Å². The first-order chi connectivity index (χ1) is 8.83. The largest absolute Gasteiger partial charge is 0.252 e. The van der Waals surface area contributed by atoms with Gasteiger partial charge < -0.3 is 0 Å². The molecule has 0 N–H and O–H groups in total. The molecule has 3 aromatic rings. The maximum absolute atomic E-state index is 12.2. The number of rotatable bonds is 3. The lowest BCUT2D eigenvalue weighted by Crippen LogP contribution is -1.95. The summed E-state index contributed by atoms with van der Waals surface area (Å²) in [5.41, 5.74) is 1.74. The smallest absolute Gasteiger partial charge is 0.183 e. The lowest BCUT2D eigenvalue weighted by atomic mass is 10.2. The average Bonchev–Trinajstić information content (AvgIpc) is 2.84. The van der Waals surface area contributed by atoms with Crippen LogP contribution in [0.4, 0.5) is 0 Å². The van der Waals surface area contributed by atoms with Crippen LogP contribution in [0, 0.1) is 0 Å². The zero-order valence-electron chi connectivity index (χ0n) is 9.45. The van der Waals surface area contributed by atoms with Crippen LogP contribution in [0.3, 0.4) is 0 Å². The van der Waals surface area contributed by atoms with Crippen molar-refractivity contribution in [3.63, 3.8) is 0 Å². The fourth-order valence-electron chi connectivity index (χ4n) is 1.63. The van der Waals surface area contributed by atoms with Crippen molar-refractivity contribution in [2.75, 3.05) is 0 Å². The summed E-state index contributed by atoms with van der Waals surface area (Å²) in [6.07, 6.45) is 1.70. The molecule has 3 nitrogen and oxygen atoms in total. The number of hydrogen-bond acceptors (Lipinski definition) is 4. The maximum Gasteiger partial charge on any atom is 0.183 e. The van der Waals surface area contributed by atoms with Crippen molar-refractivity contribution in [3.05, 3.63) is 54.2 Å². The van der Waals surface area contributed by atoms with E-state index in [1.807, 2.05) is 42.5 Å². The number of benzene rings is 1. The fraction of sp³-hybridized carbons (Fsp3) is 0.0769. The summed E-state index contributed by atoms with van der Waals surface area (Å²) in [6.45, 7) is 0. The van der Waals surface area contributed by atoms with E-state index in [0.29, 0.717) is 15.7 Å². The van der Waals surface area contributed by atoms with E-state index in [1.54, 1.807) is 6.20 Å². The van der Waals surface area contributed by atoms with Crippen molar-refractivity contribution < 1.29 is 4.21 Å². The van der Waals surface area contributed by atoms with Gasteiger partial charge in [0, 0.05) is 6.20 Å². The first-order valence-corrected chi connectivity index (χ1v) is 7.60. The SMILES string of the molecule is O=[S@](Cc1ccccc1)c1nc2ncccc2s1. The summed E-state index contributed by atoms with van der Waals surface area (Å²) in [5.74, 6) is 0.501. The van der Waals surface area contributed by atoms with Crippen molar-refractivity contribution in [3.8, 4) is 0 Å². The second-order valence-electron chi connectivity index (χ2n) is 3.78. The van der Waals surface area contributed by atoms with Crippen LogP contribution in [-0.4, -0.2) is 14.2 Å². The van der Waals surface area contributed by atoms with Crippen molar-refractivity contribution in [2.45, 2.75) is 10.1 Å². The lowest BCUT2D eigenvalue weighted by molar-refractivity contribution is 0.682. The van der Waals surface area contributed by atoms with Gasteiger partial charge in [0.15, 0.2) is 9.99 Å². The van der Waals surface area contributed by atoms with Gasteiger partial charge in [-0.2, -0.15) is 0 Å². The van der Waals surface area contributed by atoms with E-state index in [-0.39, 0.29) is 0 Å². The molecule has 0 unspecified atom stereocenters. The van der Waals surface area contributed by atoms with E-state index in [2.05, 4.69) is 9.97 Å². The molecule has 0 aliphatic carbocycles. The standard InChI is InChI=1S/C13H10N2OS2/c16-18(9-10-5-2-1-3-6-10)13-15-12-11(17-13)7-4-8-14-12/h1-8H,9H2/t18-/m1/s1. The van der Waals surface area contributed by atoms with Crippen LogP contribution in [0.25, 0.3) is 10.3 Å². The third-order valence-electron chi connectivity index (χ3n) is 2.48. The zero-order valence-corrected chi connectivity index (χ0v) is 11.1. The Morgan fingerprint density at radius 1 is 1.11 bits per heavy atom. The number of aromatic nitrogens is 2. The molecule has 18 heavy (non-hydrogen) atoms. The molecule has 0 fully saturated rings. The van der Waals surface area contributed by atoms with Crippen LogP contribution in [-0.2, 0) is 16.6 Å². The van der Waals surface area contributed by atoms with E-state index in [4.69, 9.17) is 0 Å². The molecule has 0 aliphatic heterocycles. The molecule has 0 saturated carbocycles. The Bertz CT molecular complexity index is 661. The Balaban J connectivity index is 1.88. The van der Waals surface area contributed by atoms with Gasteiger partial charge >= 0.3 is 0 Å². The molecule has 0 aliphatic rings. The number of hydrogen-bond donors (Lipinski definition) is 0. The molecule has 0 radical (unpaired) electrons. The summed E-state index contributed by atoms with van der Waals surface area (Å²) in [7, 11) is -1.10. The molecular formula is C13H10N2OS2. The Morgan fingerprint density at radius 3 is 2.72 bits per heavy atom. The second-order valence-corrected chi connectivity index (χ2v) is 6.44. The number of nitrogens with zero attached hydrogens (tertiary/aromatic N) is 2. The minimum Gasteiger partial charge on any atom is -0.252 e. The van der Waals surface area contributed by atoms with Crippen molar-refractivity contribution in [1.82, 2.24) is 9.97 Å². The Kier molecular flexibility index (Phi) is 3.17. The van der Waals surface area contributed by atoms with Crippen molar-refractivity contribution >= 4 is 32.5 Å². The predicted octanol–water partition coefficient (Wildman–Crippen LogP) is 3.00. The first kappa shape index (κ1) is 11.5. The molecular weight excluding hydrogens is 264 g/mol. The fourth-order valence-corrected chi connectivity index (χ4v) is 3.92. The van der Waals surface area contributed by atoms with Gasteiger partial charge in [0.1, 0.15) is 0 Å². The molecule has 1 atom stereocenters. The minimum atomic E-state index is -1.10. The van der Waals surface area contributed by atoms with Crippen LogP contribution in [0.1, 0.15) is 5.56 Å². The third-order valence-corrected chi connectivity index (χ3v) is 5.17. The van der Waals surface area contributed by atoms with Gasteiger partial charge in [-0.25, -0.2) is 9.97 Å². The van der Waals surface area contributed by atoms with E-state index in [1.165, 1.54) is 11.3 Å². The van der Waals surface area contributed by atoms with E-state index < -0.39 is 10.8 Å². The van der Waals surface area contributed by atoms with Crippen LogP contribution in [0.2, 0.25) is 0 Å². The summed E-state index contributed by atoms with van der Waals surface area (Å²) < 4.78 is 13.8. The first-order valence-electron chi connectivity index (χ1n) is 5.47. The second kappa shape index (κ2) is 4.96. The monoisotopic (exact) mass is 274 g/mol. The number of pyridine rings is 1. The van der Waals surface area contributed by atoms with Gasteiger partial charge in [0.25, 0.3) is 0 Å². The van der Waals surface area contributed by atoms with Crippen LogP contribution in [0.5, 0.6) is 0 Å². The maximum atomic E-state index is 12.2. The van der Waals surface area contributed by atoms with Crippen LogP contribution >= 0.6 is 11.3 Å². The molecule has 3 rings (SSSR count). The van der Waals surface area contributed by atoms with Crippen molar-refractivity contribution in [2.24, 2.45) is 0 Å². The highest BCUT2D eigenvalue weighted by Crippen LogP contribution is 2.23. The number of thiazole rings is 1. The minimum absolute atomic E-state index is 0.501. The molecule has 2 aromatic heterocycles. The van der Waals surface area contributed by atoms with Gasteiger partial charge in [-0.1, -0.05) is 30.3 Å². The molecule has 5 heteroatoms. The van der Waals surface area contributed by atoms with Crippen LogP contribution in [0.15, 0.2) is 53.0 Å². The van der Waals surface area contributed by atoms with Crippen molar-refractivity contribution in [1.29, 1.82) is 0 Å². The highest BCUT2D eigenvalue weighted by Gasteiger charge is 2.11. The normalized spacial score (nSPS) is 12.7. The van der Waals surface area contributed by atoms with Gasteiger partial charge in [-0.05, 0) is 17.7 Å². The molecule has 0 saturated heterocycles. The summed E-state index contributed by atoms with van der Waals surface area (Å²) in [5, 5.41) is 0. The number of fused-ring (bicyclic) bond motifs is 1. The lowest BCUT2D eigenvalue weighted by Gasteiger charge is -1.97. The molecule has 1 aromatic carbocycles. The summed E-state index contributed by atoms with van der Waals surface area (Å²) >= 11 is 1.45. The topological polar surface area (TPSA) is 42.9 Å². The van der Waals surface area contributed by atoms with Gasteiger partial charge in [-0.15, -0.1) is 11.3 Å². The molecule has 90 valence electrons. The van der Waals surface area contributed by atoms with E-state index in [9.17, 15) is 4.21 Å². The highest BCUT2D eigenvalue weighted by molar-refractivity contribution is 7.86. The van der Waals surface area contributed by atoms with Gasteiger partial charge in [0.2, 0.25) is 0 Å². The zero-order chi connectivity index (χ0) is 12.4. The predicted molar refractivity (Wildman–Crippen MR) is 74.0 cm³/mol. The molecule has 0 bridgehead atoms. The molecule has 0 amide bonds. The Morgan fingerprint density at radius 2 is 1.94 bits per heavy atom. The average molecular weight is 274 g/mol. The van der Waals surface area contributed by atoms with Crippen LogP contribution < -0.4 is 0 Å². The molecule has 0 spiro atoms. The van der Waals surface area contributed by atoms with Gasteiger partial charge in [0.05, 0.1) is 21.3 Å². The summed E-state index contributed by atoms with van der Waals surface area (Å²) in [6, 6.07) is 13.6. The molecule has 2 heterocycles. The third kappa shape index (κ3) is 2.32. The summed E-state index contributed by atoms with van der Waals surface area (Å²) in [4.78, 5) is 8.47. The highest BCUT2D eigenvalue weighted by atomic mass is 32.2.